The van der Waals surface area contributed by atoms with E-state index in [0.29, 0.717) is 11.1 Å². The predicted octanol–water partition coefficient (Wildman–Crippen LogP) is 2.17. The molecule has 0 fully saturated rings. The number of carbonyl (C=O) groups excluding carboxylic acids is 1. The standard InChI is InChI=1S/C11H11NO4/c1-8(11(13)16-2)7-9-5-3-4-6-10(9)12(14)15/h3-7H,1-2H3. The van der Waals surface area contributed by atoms with E-state index < -0.39 is 10.9 Å². The fourth-order valence-corrected chi connectivity index (χ4v) is 1.23. The lowest BCUT2D eigenvalue weighted by atomic mass is 10.1. The van der Waals surface area contributed by atoms with Crippen LogP contribution in [0.1, 0.15) is 12.5 Å². The molecule has 1 rings (SSSR count). The molecule has 1 aromatic rings. The summed E-state index contributed by atoms with van der Waals surface area (Å²) in [5, 5.41) is 10.7. The normalized spacial score (nSPS) is 11.0. The van der Waals surface area contributed by atoms with E-state index in [4.69, 9.17) is 0 Å². The fraction of sp³-hybridized carbons (Fsp3) is 0.182. The van der Waals surface area contributed by atoms with Crippen molar-refractivity contribution in [1.82, 2.24) is 0 Å². The summed E-state index contributed by atoms with van der Waals surface area (Å²) in [6, 6.07) is 6.20. The molecular weight excluding hydrogens is 210 g/mol. The number of methoxy groups -OCH3 is 1. The molecule has 0 unspecified atom stereocenters. The Morgan fingerprint density at radius 3 is 2.62 bits per heavy atom. The largest absolute Gasteiger partial charge is 0.466 e. The van der Waals surface area contributed by atoms with Gasteiger partial charge in [0.05, 0.1) is 17.6 Å². The minimum Gasteiger partial charge on any atom is -0.466 e. The molecule has 0 aliphatic rings. The summed E-state index contributed by atoms with van der Waals surface area (Å²) >= 11 is 0. The number of nitrogens with zero attached hydrogens (tertiary/aromatic N) is 1. The van der Waals surface area contributed by atoms with E-state index in [1.807, 2.05) is 0 Å². The fourth-order valence-electron chi connectivity index (χ4n) is 1.23. The third-order valence-electron chi connectivity index (χ3n) is 2.01. The van der Waals surface area contributed by atoms with Crippen LogP contribution in [0.15, 0.2) is 29.8 Å². The molecule has 0 radical (unpaired) electrons. The summed E-state index contributed by atoms with van der Waals surface area (Å²) in [4.78, 5) is 21.4. The Morgan fingerprint density at radius 1 is 1.44 bits per heavy atom. The zero-order valence-electron chi connectivity index (χ0n) is 8.97. The highest BCUT2D eigenvalue weighted by Crippen LogP contribution is 2.20. The third-order valence-corrected chi connectivity index (χ3v) is 2.01. The first-order valence-electron chi connectivity index (χ1n) is 4.56. The summed E-state index contributed by atoms with van der Waals surface area (Å²) in [6.07, 6.45) is 1.43. The van der Waals surface area contributed by atoms with Crippen LogP contribution in [-0.2, 0) is 9.53 Å². The van der Waals surface area contributed by atoms with Crippen molar-refractivity contribution in [2.75, 3.05) is 7.11 Å². The van der Waals surface area contributed by atoms with Crippen molar-refractivity contribution in [2.45, 2.75) is 6.92 Å². The molecule has 5 heteroatoms. The van der Waals surface area contributed by atoms with Crippen LogP contribution in [0.25, 0.3) is 6.08 Å². The summed E-state index contributed by atoms with van der Waals surface area (Å²) in [5.41, 5.74) is 0.665. The minimum absolute atomic E-state index is 0.0363. The Balaban J connectivity index is 3.14. The Labute approximate surface area is 92.5 Å². The molecule has 0 aliphatic carbocycles. The van der Waals surface area contributed by atoms with Gasteiger partial charge < -0.3 is 4.74 Å². The third kappa shape index (κ3) is 2.66. The van der Waals surface area contributed by atoms with Crippen LogP contribution in [0.5, 0.6) is 0 Å². The Morgan fingerprint density at radius 2 is 2.06 bits per heavy atom. The molecule has 0 amide bonds. The second-order valence-electron chi connectivity index (χ2n) is 3.13. The highest BCUT2D eigenvalue weighted by molar-refractivity contribution is 5.93. The summed E-state index contributed by atoms with van der Waals surface area (Å²) in [6.45, 7) is 1.54. The molecule has 0 aliphatic heterocycles. The van der Waals surface area contributed by atoms with Gasteiger partial charge in [-0.2, -0.15) is 0 Å². The van der Waals surface area contributed by atoms with Crippen molar-refractivity contribution in [1.29, 1.82) is 0 Å². The summed E-state index contributed by atoms with van der Waals surface area (Å²) in [7, 11) is 1.26. The van der Waals surface area contributed by atoms with Crippen LogP contribution in [0.2, 0.25) is 0 Å². The van der Waals surface area contributed by atoms with Gasteiger partial charge in [0.15, 0.2) is 0 Å². The maximum Gasteiger partial charge on any atom is 0.333 e. The summed E-state index contributed by atoms with van der Waals surface area (Å²) in [5.74, 6) is -0.502. The zero-order valence-corrected chi connectivity index (χ0v) is 8.97. The molecular formula is C11H11NO4. The van der Waals surface area contributed by atoms with Gasteiger partial charge in [-0.25, -0.2) is 4.79 Å². The quantitative estimate of drug-likeness (QED) is 0.339. The van der Waals surface area contributed by atoms with Gasteiger partial charge >= 0.3 is 5.97 Å². The Bertz CT molecular complexity index is 451. The van der Waals surface area contributed by atoms with Gasteiger partial charge in [0.1, 0.15) is 0 Å². The molecule has 84 valence electrons. The van der Waals surface area contributed by atoms with Crippen LogP contribution in [0, 0.1) is 10.1 Å². The molecule has 0 saturated carbocycles. The maximum absolute atomic E-state index is 11.1. The van der Waals surface area contributed by atoms with E-state index in [-0.39, 0.29) is 5.69 Å². The van der Waals surface area contributed by atoms with Crippen LogP contribution < -0.4 is 0 Å². The Kier molecular flexibility index (Phi) is 3.77. The lowest BCUT2D eigenvalue weighted by Gasteiger charge is -2.00. The number of carbonyl (C=O) groups is 1. The smallest absolute Gasteiger partial charge is 0.333 e. The number of hydrogen-bond acceptors (Lipinski definition) is 4. The number of benzene rings is 1. The number of nitro groups is 1. The van der Waals surface area contributed by atoms with Crippen molar-refractivity contribution in [3.05, 3.63) is 45.5 Å². The van der Waals surface area contributed by atoms with E-state index in [0.717, 1.165) is 0 Å². The second kappa shape index (κ2) is 5.06. The van der Waals surface area contributed by atoms with Crippen LogP contribution >= 0.6 is 0 Å². The number of para-hydroxylation sites is 1. The van der Waals surface area contributed by atoms with E-state index >= 15 is 0 Å². The molecule has 5 nitrogen and oxygen atoms in total. The van der Waals surface area contributed by atoms with Crippen LogP contribution in [0.3, 0.4) is 0 Å². The maximum atomic E-state index is 11.1. The summed E-state index contributed by atoms with van der Waals surface area (Å²) < 4.78 is 4.51. The first-order valence-corrected chi connectivity index (χ1v) is 4.56. The number of esters is 1. The molecule has 0 heterocycles. The lowest BCUT2D eigenvalue weighted by molar-refractivity contribution is -0.385. The molecule has 16 heavy (non-hydrogen) atoms. The van der Waals surface area contributed by atoms with Gasteiger partial charge in [0.25, 0.3) is 5.69 Å². The number of ether oxygens (including phenoxy) is 1. The van der Waals surface area contributed by atoms with E-state index in [9.17, 15) is 14.9 Å². The number of hydrogen-bond donors (Lipinski definition) is 0. The Hall–Kier alpha value is -2.17. The predicted molar refractivity (Wildman–Crippen MR) is 58.8 cm³/mol. The van der Waals surface area contributed by atoms with Gasteiger partial charge in [-0.3, -0.25) is 10.1 Å². The molecule has 0 spiro atoms. The van der Waals surface area contributed by atoms with Crippen molar-refractivity contribution in [2.24, 2.45) is 0 Å². The van der Waals surface area contributed by atoms with E-state index in [2.05, 4.69) is 4.74 Å². The second-order valence-corrected chi connectivity index (χ2v) is 3.13. The average Bonchev–Trinajstić information content (AvgIpc) is 2.28. The van der Waals surface area contributed by atoms with E-state index in [1.54, 1.807) is 25.1 Å². The minimum atomic E-state index is -0.502. The molecule has 0 N–H and O–H groups in total. The van der Waals surface area contributed by atoms with Gasteiger partial charge in [-0.1, -0.05) is 12.1 Å². The number of nitro benzene ring substituents is 1. The van der Waals surface area contributed by atoms with Crippen molar-refractivity contribution >= 4 is 17.7 Å². The van der Waals surface area contributed by atoms with Gasteiger partial charge in [0.2, 0.25) is 0 Å². The van der Waals surface area contributed by atoms with Crippen LogP contribution in [-0.4, -0.2) is 18.0 Å². The lowest BCUT2D eigenvalue weighted by Crippen LogP contribution is -2.01. The van der Waals surface area contributed by atoms with E-state index in [1.165, 1.54) is 19.3 Å². The first-order chi connectivity index (χ1) is 7.56. The molecule has 0 bridgehead atoms. The zero-order chi connectivity index (χ0) is 12.1. The highest BCUT2D eigenvalue weighted by atomic mass is 16.6. The van der Waals surface area contributed by atoms with Gasteiger partial charge in [0, 0.05) is 11.6 Å². The highest BCUT2D eigenvalue weighted by Gasteiger charge is 2.12. The average molecular weight is 221 g/mol. The SMILES string of the molecule is COC(=O)C(C)=Cc1ccccc1[N+](=O)[O-]. The van der Waals surface area contributed by atoms with Crippen molar-refractivity contribution < 1.29 is 14.5 Å². The monoisotopic (exact) mass is 221 g/mol. The first kappa shape index (κ1) is 11.9. The van der Waals surface area contributed by atoms with Crippen molar-refractivity contribution in [3.8, 4) is 0 Å². The van der Waals surface area contributed by atoms with Gasteiger partial charge in [-0.15, -0.1) is 0 Å². The molecule has 0 saturated heterocycles. The molecule has 0 aromatic heterocycles. The molecule has 0 atom stereocenters. The topological polar surface area (TPSA) is 69.4 Å². The van der Waals surface area contributed by atoms with Crippen molar-refractivity contribution in [3.63, 3.8) is 0 Å². The number of rotatable bonds is 3. The van der Waals surface area contributed by atoms with Gasteiger partial charge in [-0.05, 0) is 19.1 Å². The van der Waals surface area contributed by atoms with Crippen LogP contribution in [0.4, 0.5) is 5.69 Å². The molecule has 1 aromatic carbocycles.